The fourth-order valence-corrected chi connectivity index (χ4v) is 2.18. The summed E-state index contributed by atoms with van der Waals surface area (Å²) in [7, 11) is 0. The predicted molar refractivity (Wildman–Crippen MR) is 73.8 cm³/mol. The Labute approximate surface area is 115 Å². The summed E-state index contributed by atoms with van der Waals surface area (Å²) < 4.78 is 3.07. The van der Waals surface area contributed by atoms with Crippen LogP contribution >= 0.6 is 0 Å². The number of aromatic nitrogens is 3. The molecule has 2 aromatic rings. The van der Waals surface area contributed by atoms with Gasteiger partial charge >= 0.3 is 5.69 Å². The number of nitrogens with zero attached hydrogens (tertiary/aromatic N) is 4. The van der Waals surface area contributed by atoms with Crippen molar-refractivity contribution >= 4 is 5.69 Å². The van der Waals surface area contributed by atoms with Crippen LogP contribution in [0.1, 0.15) is 23.7 Å². The summed E-state index contributed by atoms with van der Waals surface area (Å²) in [5.74, 6) is 0. The molecule has 7 nitrogen and oxygen atoms in total. The van der Waals surface area contributed by atoms with Crippen molar-refractivity contribution < 1.29 is 4.92 Å². The van der Waals surface area contributed by atoms with E-state index in [1.165, 1.54) is 10.8 Å². The lowest BCUT2D eigenvalue weighted by molar-refractivity contribution is -0.386. The zero-order valence-electron chi connectivity index (χ0n) is 11.7. The molecule has 0 atom stereocenters. The summed E-state index contributed by atoms with van der Waals surface area (Å²) in [6, 6.07) is 0. The molecule has 0 saturated carbocycles. The molecule has 0 aliphatic carbocycles. The van der Waals surface area contributed by atoms with E-state index < -0.39 is 4.92 Å². The largest absolute Gasteiger partial charge is 0.328 e. The van der Waals surface area contributed by atoms with E-state index in [4.69, 9.17) is 0 Å². The third-order valence-corrected chi connectivity index (χ3v) is 3.34. The Morgan fingerprint density at radius 1 is 1.30 bits per heavy atom. The van der Waals surface area contributed by atoms with Crippen LogP contribution in [0.4, 0.5) is 5.69 Å². The Morgan fingerprint density at radius 3 is 2.50 bits per heavy atom. The summed E-state index contributed by atoms with van der Waals surface area (Å²) in [5.41, 5.74) is 1.49. The molecule has 0 saturated heterocycles. The van der Waals surface area contributed by atoms with Gasteiger partial charge in [0, 0.05) is 30.7 Å². The molecule has 0 aliphatic rings. The molecular formula is C13H16N4O3. The molecule has 0 radical (unpaired) electrons. The van der Waals surface area contributed by atoms with E-state index in [0.717, 1.165) is 0 Å². The monoisotopic (exact) mass is 276 g/mol. The van der Waals surface area contributed by atoms with Gasteiger partial charge in [-0.1, -0.05) is 0 Å². The molecule has 7 heteroatoms. The minimum atomic E-state index is -0.407. The molecule has 0 fully saturated rings. The summed E-state index contributed by atoms with van der Waals surface area (Å²) >= 11 is 0. The minimum Gasteiger partial charge on any atom is -0.300 e. The third kappa shape index (κ3) is 2.34. The average molecular weight is 276 g/mol. The van der Waals surface area contributed by atoms with Crippen molar-refractivity contribution in [2.75, 3.05) is 0 Å². The van der Waals surface area contributed by atoms with Crippen LogP contribution in [0.25, 0.3) is 0 Å². The number of hydrogen-bond acceptors (Lipinski definition) is 4. The Balaban J connectivity index is 2.44. The van der Waals surface area contributed by atoms with Gasteiger partial charge in [0.15, 0.2) is 0 Å². The molecule has 0 amide bonds. The molecule has 106 valence electrons. The number of nitro groups is 1. The quantitative estimate of drug-likeness (QED) is 0.627. The smallest absolute Gasteiger partial charge is 0.300 e. The van der Waals surface area contributed by atoms with Gasteiger partial charge in [0.1, 0.15) is 0 Å². The second kappa shape index (κ2) is 5.28. The molecular weight excluding hydrogens is 260 g/mol. The van der Waals surface area contributed by atoms with E-state index >= 15 is 0 Å². The maximum absolute atomic E-state index is 12.0. The van der Waals surface area contributed by atoms with Crippen molar-refractivity contribution in [3.05, 3.63) is 56.0 Å². The molecule has 0 aliphatic heterocycles. The third-order valence-electron chi connectivity index (χ3n) is 3.34. The second-order valence-electron chi connectivity index (χ2n) is 4.61. The van der Waals surface area contributed by atoms with E-state index in [1.54, 1.807) is 30.8 Å². The van der Waals surface area contributed by atoms with Gasteiger partial charge in [-0.25, -0.2) is 4.79 Å². The van der Waals surface area contributed by atoms with Crippen molar-refractivity contribution in [1.82, 2.24) is 14.1 Å². The van der Waals surface area contributed by atoms with Crippen LogP contribution < -0.4 is 5.69 Å². The van der Waals surface area contributed by atoms with Crippen molar-refractivity contribution in [2.45, 2.75) is 33.9 Å². The van der Waals surface area contributed by atoms with E-state index in [9.17, 15) is 14.9 Å². The molecule has 20 heavy (non-hydrogen) atoms. The van der Waals surface area contributed by atoms with Gasteiger partial charge in [-0.3, -0.25) is 24.2 Å². The number of rotatable bonds is 4. The summed E-state index contributed by atoms with van der Waals surface area (Å²) in [4.78, 5) is 26.8. The standard InChI is InChI=1S/C13H16N4O3/c1-4-15-5-6-16(13(15)18)8-11-10(3)12(17(19)20)9(2)7-14-11/h5-7H,4,8H2,1-3H3. The van der Waals surface area contributed by atoms with Gasteiger partial charge in [0.25, 0.3) is 5.69 Å². The van der Waals surface area contributed by atoms with Crippen molar-refractivity contribution in [3.8, 4) is 0 Å². The van der Waals surface area contributed by atoms with Gasteiger partial charge < -0.3 is 0 Å². The Bertz CT molecular complexity index is 715. The first kappa shape index (κ1) is 14.0. The summed E-state index contributed by atoms with van der Waals surface area (Å²) in [5, 5.41) is 11.1. The van der Waals surface area contributed by atoms with Crippen LogP contribution in [0, 0.1) is 24.0 Å². The zero-order valence-corrected chi connectivity index (χ0v) is 11.7. The molecule has 2 aromatic heterocycles. The predicted octanol–water partition coefficient (Wildman–Crippen LogP) is 1.64. The van der Waals surface area contributed by atoms with E-state index in [0.29, 0.717) is 23.4 Å². The lowest BCUT2D eigenvalue weighted by Gasteiger charge is -2.07. The first-order valence-electron chi connectivity index (χ1n) is 6.30. The number of aryl methyl sites for hydroxylation is 2. The average Bonchev–Trinajstić information content (AvgIpc) is 2.73. The van der Waals surface area contributed by atoms with Crippen LogP contribution in [0.3, 0.4) is 0 Å². The van der Waals surface area contributed by atoms with Crippen LogP contribution in [0.15, 0.2) is 23.4 Å². The molecule has 0 N–H and O–H groups in total. The van der Waals surface area contributed by atoms with E-state index in [2.05, 4.69) is 4.98 Å². The van der Waals surface area contributed by atoms with E-state index in [1.807, 2.05) is 6.92 Å². The van der Waals surface area contributed by atoms with Crippen LogP contribution in [0.5, 0.6) is 0 Å². The number of pyridine rings is 1. The molecule has 0 unspecified atom stereocenters. The van der Waals surface area contributed by atoms with Gasteiger partial charge in [-0.15, -0.1) is 0 Å². The molecule has 2 rings (SSSR count). The van der Waals surface area contributed by atoms with Gasteiger partial charge in [0.2, 0.25) is 0 Å². The summed E-state index contributed by atoms with van der Waals surface area (Å²) in [6.45, 7) is 6.02. The maximum atomic E-state index is 12.0. The van der Waals surface area contributed by atoms with E-state index in [-0.39, 0.29) is 17.9 Å². The first-order valence-corrected chi connectivity index (χ1v) is 6.30. The fraction of sp³-hybridized carbons (Fsp3) is 0.385. The highest BCUT2D eigenvalue weighted by Gasteiger charge is 2.19. The topological polar surface area (TPSA) is 83.0 Å². The first-order chi connectivity index (χ1) is 9.45. The number of hydrogen-bond donors (Lipinski definition) is 0. The highest BCUT2D eigenvalue weighted by atomic mass is 16.6. The van der Waals surface area contributed by atoms with Crippen LogP contribution in [0.2, 0.25) is 0 Å². The van der Waals surface area contributed by atoms with Gasteiger partial charge in [-0.2, -0.15) is 0 Å². The second-order valence-corrected chi connectivity index (χ2v) is 4.61. The molecule has 0 spiro atoms. The normalized spacial score (nSPS) is 10.8. The van der Waals surface area contributed by atoms with Gasteiger partial charge in [-0.05, 0) is 20.8 Å². The van der Waals surface area contributed by atoms with Crippen LogP contribution in [-0.4, -0.2) is 19.0 Å². The lowest BCUT2D eigenvalue weighted by atomic mass is 10.1. The van der Waals surface area contributed by atoms with Gasteiger partial charge in [0.05, 0.1) is 22.7 Å². The molecule has 2 heterocycles. The van der Waals surface area contributed by atoms with Crippen molar-refractivity contribution in [2.24, 2.45) is 0 Å². The van der Waals surface area contributed by atoms with Crippen molar-refractivity contribution in [3.63, 3.8) is 0 Å². The van der Waals surface area contributed by atoms with Crippen molar-refractivity contribution in [1.29, 1.82) is 0 Å². The van der Waals surface area contributed by atoms with Crippen LogP contribution in [-0.2, 0) is 13.1 Å². The Hall–Kier alpha value is -2.44. The SMILES string of the molecule is CCn1ccn(Cc2ncc(C)c([N+](=O)[O-])c2C)c1=O. The minimum absolute atomic E-state index is 0.0676. The molecule has 0 aromatic carbocycles. The Morgan fingerprint density at radius 2 is 1.95 bits per heavy atom. The zero-order chi connectivity index (χ0) is 14.9. The Kier molecular flexibility index (Phi) is 3.69. The fourth-order valence-electron chi connectivity index (χ4n) is 2.18. The number of imidazole rings is 1. The highest BCUT2D eigenvalue weighted by molar-refractivity contribution is 5.47. The maximum Gasteiger partial charge on any atom is 0.328 e. The lowest BCUT2D eigenvalue weighted by Crippen LogP contribution is -2.24. The highest BCUT2D eigenvalue weighted by Crippen LogP contribution is 2.24. The molecule has 0 bridgehead atoms. The summed E-state index contributed by atoms with van der Waals surface area (Å²) in [6.07, 6.45) is 4.83.